The largest absolute Gasteiger partial charge is 0.489 e. The highest BCUT2D eigenvalue weighted by Crippen LogP contribution is 2.57. The number of nitro groups is 1. The Labute approximate surface area is 271 Å². The summed E-state index contributed by atoms with van der Waals surface area (Å²) in [5.74, 6) is -1.56. The number of ether oxygens (including phenoxy) is 4. The van der Waals surface area contributed by atoms with Crippen LogP contribution in [-0.4, -0.2) is 58.1 Å². The van der Waals surface area contributed by atoms with Gasteiger partial charge < -0.3 is 24.1 Å². The predicted octanol–water partition coefficient (Wildman–Crippen LogP) is 5.26. The van der Waals surface area contributed by atoms with Crippen LogP contribution in [-0.2, 0) is 26.5 Å². The van der Waals surface area contributed by atoms with Crippen LogP contribution in [0.3, 0.4) is 0 Å². The van der Waals surface area contributed by atoms with Gasteiger partial charge >= 0.3 is 11.9 Å². The minimum absolute atomic E-state index is 0.0677. The zero-order valence-corrected chi connectivity index (χ0v) is 25.1. The van der Waals surface area contributed by atoms with Crippen LogP contribution >= 0.6 is 11.6 Å². The van der Waals surface area contributed by atoms with Gasteiger partial charge in [0, 0.05) is 34.9 Å². The highest BCUT2D eigenvalue weighted by molar-refractivity contribution is 6.27. The molecule has 238 valence electrons. The van der Waals surface area contributed by atoms with Gasteiger partial charge in [0.15, 0.2) is 5.60 Å². The van der Waals surface area contributed by atoms with Crippen molar-refractivity contribution in [2.24, 2.45) is 5.10 Å². The summed E-state index contributed by atoms with van der Waals surface area (Å²) < 4.78 is 24.2. The molecule has 0 bridgehead atoms. The Kier molecular flexibility index (Phi) is 8.46. The summed E-state index contributed by atoms with van der Waals surface area (Å²) in [7, 11) is 0. The molecule has 4 aromatic rings. The molecule has 14 heteroatoms. The van der Waals surface area contributed by atoms with Gasteiger partial charge in [-0.05, 0) is 36.4 Å². The van der Waals surface area contributed by atoms with Crippen LogP contribution in [0.25, 0.3) is 0 Å². The lowest BCUT2D eigenvalue weighted by Crippen LogP contribution is -2.33. The van der Waals surface area contributed by atoms with Gasteiger partial charge in [0.2, 0.25) is 0 Å². The summed E-state index contributed by atoms with van der Waals surface area (Å²) in [4.78, 5) is 47.1. The van der Waals surface area contributed by atoms with E-state index in [4.69, 9.17) is 35.7 Å². The number of esters is 1. The van der Waals surface area contributed by atoms with Crippen molar-refractivity contribution in [1.29, 1.82) is 0 Å². The van der Waals surface area contributed by atoms with Crippen molar-refractivity contribution < 1.29 is 43.4 Å². The number of benzene rings is 4. The summed E-state index contributed by atoms with van der Waals surface area (Å²) in [6.07, 6.45) is 1.22. The van der Waals surface area contributed by atoms with Crippen molar-refractivity contribution in [3.05, 3.63) is 123 Å². The number of para-hydroxylation sites is 1. The number of hydrogen-bond donors (Lipinski definition) is 1. The number of alkyl halides is 1. The first-order valence-corrected chi connectivity index (χ1v) is 14.6. The first-order chi connectivity index (χ1) is 22.7. The van der Waals surface area contributed by atoms with Crippen molar-refractivity contribution in [2.45, 2.75) is 12.2 Å². The highest BCUT2D eigenvalue weighted by atomic mass is 35.5. The van der Waals surface area contributed by atoms with E-state index in [1.54, 1.807) is 72.8 Å². The first-order valence-electron chi connectivity index (χ1n) is 14.1. The molecule has 0 radical (unpaired) electrons. The maximum Gasteiger partial charge on any atom is 0.340 e. The standard InChI is InChI=1S/C33H24ClN3O10/c34-17-30(38)36(18-31(39)40)35-13-14-44-21-9-11-25-28(15-21)46-29-16-22(45-19-20-5-1-4-8-27(20)37(42)43)10-12-26(29)33(25)24-7-3-2-6-23(24)32(41)47-33/h1-13,15-16H,14,17-19H2,(H,39,40)/b35-13+. The molecule has 2 aliphatic heterocycles. The zero-order chi connectivity index (χ0) is 33.1. The molecule has 0 saturated heterocycles. The third-order valence-electron chi connectivity index (χ3n) is 7.47. The molecular formula is C33H24ClN3O10. The lowest BCUT2D eigenvalue weighted by atomic mass is 9.77. The lowest BCUT2D eigenvalue weighted by molar-refractivity contribution is -0.385. The van der Waals surface area contributed by atoms with Gasteiger partial charge in [-0.2, -0.15) is 5.10 Å². The normalized spacial score (nSPS) is 15.6. The second kappa shape index (κ2) is 12.8. The maximum atomic E-state index is 13.1. The molecule has 2 heterocycles. The maximum absolute atomic E-state index is 13.1. The number of aliphatic carboxylic acids is 1. The van der Waals surface area contributed by atoms with Gasteiger partial charge in [-0.1, -0.05) is 30.3 Å². The number of carbonyl (C=O) groups is 3. The molecule has 1 unspecified atom stereocenters. The van der Waals surface area contributed by atoms with E-state index in [1.165, 1.54) is 12.3 Å². The molecule has 1 N–H and O–H groups in total. The molecule has 0 aliphatic carbocycles. The van der Waals surface area contributed by atoms with Gasteiger partial charge in [0.1, 0.15) is 48.6 Å². The van der Waals surface area contributed by atoms with E-state index in [0.29, 0.717) is 50.8 Å². The monoisotopic (exact) mass is 657 g/mol. The molecule has 1 spiro atoms. The molecule has 0 saturated carbocycles. The van der Waals surface area contributed by atoms with Crippen molar-refractivity contribution >= 4 is 41.3 Å². The number of nitro benzene ring substituents is 1. The Morgan fingerprint density at radius 3 is 2.30 bits per heavy atom. The molecule has 0 aromatic heterocycles. The van der Waals surface area contributed by atoms with Crippen LogP contribution in [0.5, 0.6) is 23.0 Å². The number of nitrogens with zero attached hydrogens (tertiary/aromatic N) is 3. The second-order valence-electron chi connectivity index (χ2n) is 10.3. The Morgan fingerprint density at radius 1 is 0.957 bits per heavy atom. The van der Waals surface area contributed by atoms with E-state index in [-0.39, 0.29) is 18.9 Å². The number of hydrazone groups is 1. The van der Waals surface area contributed by atoms with E-state index in [2.05, 4.69) is 5.10 Å². The van der Waals surface area contributed by atoms with Crippen LogP contribution in [0.15, 0.2) is 90.0 Å². The fraction of sp³-hybridized carbons (Fsp3) is 0.152. The minimum Gasteiger partial charge on any atom is -0.489 e. The van der Waals surface area contributed by atoms with Gasteiger partial charge in [-0.3, -0.25) is 19.7 Å². The Hall–Kier alpha value is -5.95. The van der Waals surface area contributed by atoms with Crippen LogP contribution in [0.2, 0.25) is 0 Å². The van der Waals surface area contributed by atoms with E-state index in [1.807, 2.05) is 6.07 Å². The van der Waals surface area contributed by atoms with Crippen molar-refractivity contribution in [3.8, 4) is 23.0 Å². The number of carboxylic acid groups (broad SMARTS) is 1. The third-order valence-corrected chi connectivity index (χ3v) is 7.70. The van der Waals surface area contributed by atoms with Crippen molar-refractivity contribution in [2.75, 3.05) is 19.0 Å². The van der Waals surface area contributed by atoms with Gasteiger partial charge in [0.25, 0.3) is 11.6 Å². The summed E-state index contributed by atoms with van der Waals surface area (Å²) in [5.41, 5.74) is 1.07. The quantitative estimate of drug-likeness (QED) is 0.0739. The van der Waals surface area contributed by atoms with E-state index >= 15 is 0 Å². The number of fused-ring (bicyclic) bond motifs is 6. The number of rotatable bonds is 11. The number of amides is 1. The fourth-order valence-electron chi connectivity index (χ4n) is 5.44. The average molecular weight is 658 g/mol. The summed E-state index contributed by atoms with van der Waals surface area (Å²) >= 11 is 5.54. The van der Waals surface area contributed by atoms with Crippen LogP contribution < -0.4 is 14.2 Å². The average Bonchev–Trinajstić information content (AvgIpc) is 3.36. The van der Waals surface area contributed by atoms with Crippen molar-refractivity contribution in [3.63, 3.8) is 0 Å². The number of hydrogen-bond acceptors (Lipinski definition) is 10. The number of carbonyl (C=O) groups excluding carboxylic acids is 2. The second-order valence-corrected chi connectivity index (χ2v) is 10.6. The topological polar surface area (TPSA) is 167 Å². The predicted molar refractivity (Wildman–Crippen MR) is 166 cm³/mol. The summed E-state index contributed by atoms with van der Waals surface area (Å²) in [6.45, 7) is -0.868. The highest BCUT2D eigenvalue weighted by Gasteiger charge is 2.53. The SMILES string of the molecule is O=C(O)CN(/N=C/COc1ccc2c(c1)Oc1cc(OCc3ccccc3[N+](=O)[O-])ccc1C21OC(=O)c2ccccc21)C(=O)CCl. The van der Waals surface area contributed by atoms with Gasteiger partial charge in [0.05, 0.1) is 22.3 Å². The molecule has 47 heavy (non-hydrogen) atoms. The Morgan fingerprint density at radius 2 is 1.62 bits per heavy atom. The van der Waals surface area contributed by atoms with E-state index in [0.717, 1.165) is 5.01 Å². The van der Waals surface area contributed by atoms with Crippen LogP contribution in [0, 0.1) is 10.1 Å². The summed E-state index contributed by atoms with van der Waals surface area (Å²) in [6, 6.07) is 23.3. The van der Waals surface area contributed by atoms with Gasteiger partial charge in [-0.25, -0.2) is 9.80 Å². The Balaban J connectivity index is 1.32. The molecule has 1 atom stereocenters. The van der Waals surface area contributed by atoms with Crippen molar-refractivity contribution in [1.82, 2.24) is 5.01 Å². The Bertz CT molecular complexity index is 1950. The summed E-state index contributed by atoms with van der Waals surface area (Å²) in [5, 5.41) is 25.1. The van der Waals surface area contributed by atoms with Crippen LogP contribution in [0.1, 0.15) is 32.6 Å². The molecular weight excluding hydrogens is 634 g/mol. The molecule has 13 nitrogen and oxygen atoms in total. The van der Waals surface area contributed by atoms with E-state index < -0.39 is 40.8 Å². The van der Waals surface area contributed by atoms with E-state index in [9.17, 15) is 24.5 Å². The fourth-order valence-corrected chi connectivity index (χ4v) is 5.58. The molecule has 2 aliphatic rings. The first kappa shape index (κ1) is 31.0. The smallest absolute Gasteiger partial charge is 0.340 e. The van der Waals surface area contributed by atoms with Gasteiger partial charge in [-0.15, -0.1) is 11.6 Å². The molecule has 6 rings (SSSR count). The molecule has 0 fully saturated rings. The number of carboxylic acids is 1. The molecule has 1 amide bonds. The lowest BCUT2D eigenvalue weighted by Gasteiger charge is -2.36. The number of halogens is 1. The minimum atomic E-state index is -1.35. The third kappa shape index (κ3) is 5.91. The zero-order valence-electron chi connectivity index (χ0n) is 24.3. The van der Waals surface area contributed by atoms with Crippen LogP contribution in [0.4, 0.5) is 5.69 Å². The molecule has 4 aromatic carbocycles.